The van der Waals surface area contributed by atoms with E-state index in [0.717, 1.165) is 17.1 Å². The minimum Gasteiger partial charge on any atom is -0.319 e. The van der Waals surface area contributed by atoms with Crippen LogP contribution in [0, 0.1) is 13.8 Å². The van der Waals surface area contributed by atoms with E-state index in [1.165, 1.54) is 6.20 Å². The third-order valence-electron chi connectivity index (χ3n) is 3.07. The van der Waals surface area contributed by atoms with Crippen molar-refractivity contribution in [2.75, 3.05) is 5.32 Å². The fraction of sp³-hybridized carbons (Fsp3) is 0.357. The molecule has 0 spiro atoms. The quantitative estimate of drug-likeness (QED) is 0.943. The molecule has 20 heavy (non-hydrogen) atoms. The van der Waals surface area contributed by atoms with Gasteiger partial charge < -0.3 is 5.32 Å². The van der Waals surface area contributed by atoms with Crippen molar-refractivity contribution >= 4 is 23.2 Å². The number of nitrogens with zero attached hydrogens (tertiary/aromatic N) is 3. The number of aromatic nitrogens is 3. The predicted molar refractivity (Wildman–Crippen MR) is 79.3 cm³/mol. The summed E-state index contributed by atoms with van der Waals surface area (Å²) < 4.78 is 1.88. The number of pyridine rings is 1. The SMILES string of the molecule is Cc1nn(C(C)C)c(C)c1NC(=O)c1cnccc1Cl. The van der Waals surface area contributed by atoms with Crippen molar-refractivity contribution in [3.05, 3.63) is 40.4 Å². The lowest BCUT2D eigenvalue weighted by molar-refractivity contribution is 0.102. The zero-order valence-electron chi connectivity index (χ0n) is 11.9. The van der Waals surface area contributed by atoms with Crippen molar-refractivity contribution in [3.8, 4) is 0 Å². The van der Waals surface area contributed by atoms with Crippen LogP contribution in [0.25, 0.3) is 0 Å². The van der Waals surface area contributed by atoms with Crippen LogP contribution in [0.5, 0.6) is 0 Å². The van der Waals surface area contributed by atoms with Crippen LogP contribution in [-0.2, 0) is 0 Å². The van der Waals surface area contributed by atoms with E-state index in [0.29, 0.717) is 10.6 Å². The molecule has 0 radical (unpaired) electrons. The fourth-order valence-electron chi connectivity index (χ4n) is 2.07. The Morgan fingerprint density at radius 1 is 1.40 bits per heavy atom. The Bertz CT molecular complexity index is 649. The molecule has 0 saturated heterocycles. The molecule has 2 aromatic rings. The maximum absolute atomic E-state index is 12.2. The van der Waals surface area contributed by atoms with Gasteiger partial charge in [0.15, 0.2) is 0 Å². The van der Waals surface area contributed by atoms with Crippen molar-refractivity contribution in [2.24, 2.45) is 0 Å². The van der Waals surface area contributed by atoms with Crippen LogP contribution >= 0.6 is 11.6 Å². The molecule has 0 unspecified atom stereocenters. The highest BCUT2D eigenvalue weighted by atomic mass is 35.5. The minimum absolute atomic E-state index is 0.237. The Hall–Kier alpha value is -1.88. The summed E-state index contributed by atoms with van der Waals surface area (Å²) in [7, 11) is 0. The number of amides is 1. The third kappa shape index (κ3) is 2.67. The highest BCUT2D eigenvalue weighted by Gasteiger charge is 2.17. The average molecular weight is 293 g/mol. The van der Waals surface area contributed by atoms with Crippen molar-refractivity contribution in [2.45, 2.75) is 33.7 Å². The molecule has 0 aliphatic rings. The van der Waals surface area contributed by atoms with Gasteiger partial charge in [-0.2, -0.15) is 5.10 Å². The molecule has 2 heterocycles. The number of aryl methyl sites for hydroxylation is 1. The summed E-state index contributed by atoms with van der Waals surface area (Å²) in [6, 6.07) is 1.83. The molecule has 0 aromatic carbocycles. The first-order chi connectivity index (χ1) is 9.41. The monoisotopic (exact) mass is 292 g/mol. The molecule has 2 aromatic heterocycles. The molecule has 2 rings (SSSR count). The second-order valence-corrected chi connectivity index (χ2v) is 5.30. The molecular weight excluding hydrogens is 276 g/mol. The Kier molecular flexibility index (Phi) is 4.09. The summed E-state index contributed by atoms with van der Waals surface area (Å²) in [4.78, 5) is 16.2. The van der Waals surface area contributed by atoms with Gasteiger partial charge in [0, 0.05) is 18.4 Å². The standard InChI is InChI=1S/C14H17ClN4O/c1-8(2)19-10(4)13(9(3)18-19)17-14(20)11-7-16-6-5-12(11)15/h5-8H,1-4H3,(H,17,20). The Morgan fingerprint density at radius 2 is 2.10 bits per heavy atom. The summed E-state index contributed by atoms with van der Waals surface area (Å²) in [6.45, 7) is 7.89. The van der Waals surface area contributed by atoms with Crippen molar-refractivity contribution in [3.63, 3.8) is 0 Å². The average Bonchev–Trinajstić information content (AvgIpc) is 2.67. The van der Waals surface area contributed by atoms with Gasteiger partial charge in [-0.05, 0) is 33.8 Å². The number of carbonyl (C=O) groups excluding carboxylic acids is 1. The van der Waals surface area contributed by atoms with Gasteiger partial charge in [-0.1, -0.05) is 11.6 Å². The second kappa shape index (κ2) is 5.63. The molecule has 0 bridgehead atoms. The van der Waals surface area contributed by atoms with Gasteiger partial charge in [-0.25, -0.2) is 0 Å². The van der Waals surface area contributed by atoms with Gasteiger partial charge in [0.2, 0.25) is 0 Å². The van der Waals surface area contributed by atoms with Gasteiger partial charge in [-0.3, -0.25) is 14.5 Å². The van der Waals surface area contributed by atoms with Gasteiger partial charge in [-0.15, -0.1) is 0 Å². The van der Waals surface area contributed by atoms with E-state index < -0.39 is 0 Å². The maximum Gasteiger partial charge on any atom is 0.258 e. The molecule has 0 aliphatic heterocycles. The first-order valence-corrected chi connectivity index (χ1v) is 6.76. The van der Waals surface area contributed by atoms with Crippen molar-refractivity contribution in [1.82, 2.24) is 14.8 Å². The number of anilines is 1. The van der Waals surface area contributed by atoms with Crippen molar-refractivity contribution < 1.29 is 4.79 Å². The molecular formula is C14H17ClN4O. The molecule has 106 valence electrons. The molecule has 0 saturated carbocycles. The lowest BCUT2D eigenvalue weighted by atomic mass is 10.2. The Morgan fingerprint density at radius 3 is 2.65 bits per heavy atom. The van der Waals surface area contributed by atoms with Gasteiger partial charge in [0.25, 0.3) is 5.91 Å². The highest BCUT2D eigenvalue weighted by molar-refractivity contribution is 6.34. The number of nitrogens with one attached hydrogen (secondary N) is 1. The molecule has 1 amide bonds. The van der Waals surface area contributed by atoms with Crippen LogP contribution in [0.15, 0.2) is 18.5 Å². The van der Waals surface area contributed by atoms with E-state index >= 15 is 0 Å². The van der Waals surface area contributed by atoms with Crippen molar-refractivity contribution in [1.29, 1.82) is 0 Å². The number of halogens is 1. The maximum atomic E-state index is 12.2. The Labute approximate surface area is 123 Å². The van der Waals surface area contributed by atoms with E-state index in [2.05, 4.69) is 15.4 Å². The molecule has 1 N–H and O–H groups in total. The van der Waals surface area contributed by atoms with Crippen LogP contribution in [0.2, 0.25) is 5.02 Å². The zero-order valence-corrected chi connectivity index (χ0v) is 12.7. The summed E-state index contributed by atoms with van der Waals surface area (Å²) in [6.07, 6.45) is 3.00. The number of hydrogen-bond acceptors (Lipinski definition) is 3. The summed E-state index contributed by atoms with van der Waals surface area (Å²) in [5.41, 5.74) is 2.78. The van der Waals surface area contributed by atoms with Crippen LogP contribution in [-0.4, -0.2) is 20.7 Å². The van der Waals surface area contributed by atoms with E-state index in [1.807, 2.05) is 32.4 Å². The smallest absolute Gasteiger partial charge is 0.258 e. The van der Waals surface area contributed by atoms with E-state index in [4.69, 9.17) is 11.6 Å². The third-order valence-corrected chi connectivity index (χ3v) is 3.39. The Balaban J connectivity index is 2.31. The topological polar surface area (TPSA) is 59.8 Å². The summed E-state index contributed by atoms with van der Waals surface area (Å²) in [5, 5.41) is 7.68. The first kappa shape index (κ1) is 14.5. The van der Waals surface area contributed by atoms with Gasteiger partial charge in [0.1, 0.15) is 0 Å². The van der Waals surface area contributed by atoms with Crippen LogP contribution in [0.3, 0.4) is 0 Å². The van der Waals surface area contributed by atoms with Crippen LogP contribution < -0.4 is 5.32 Å². The van der Waals surface area contributed by atoms with Crippen LogP contribution in [0.1, 0.15) is 41.6 Å². The summed E-state index contributed by atoms with van der Waals surface area (Å²) >= 11 is 6.00. The molecule has 0 atom stereocenters. The van der Waals surface area contributed by atoms with Gasteiger partial charge >= 0.3 is 0 Å². The van der Waals surface area contributed by atoms with Crippen LogP contribution in [0.4, 0.5) is 5.69 Å². The van der Waals surface area contributed by atoms with E-state index in [-0.39, 0.29) is 11.9 Å². The minimum atomic E-state index is -0.280. The normalized spacial score (nSPS) is 10.9. The number of rotatable bonds is 3. The first-order valence-electron chi connectivity index (χ1n) is 6.38. The number of hydrogen-bond donors (Lipinski definition) is 1. The number of carbonyl (C=O) groups is 1. The molecule has 6 heteroatoms. The predicted octanol–water partition coefficient (Wildman–Crippen LogP) is 3.38. The summed E-state index contributed by atoms with van der Waals surface area (Å²) in [5.74, 6) is -0.280. The molecule has 0 fully saturated rings. The largest absolute Gasteiger partial charge is 0.319 e. The molecule has 0 aliphatic carbocycles. The lowest BCUT2D eigenvalue weighted by Gasteiger charge is -2.09. The highest BCUT2D eigenvalue weighted by Crippen LogP contribution is 2.24. The lowest BCUT2D eigenvalue weighted by Crippen LogP contribution is -2.14. The fourth-order valence-corrected chi connectivity index (χ4v) is 2.26. The van der Waals surface area contributed by atoms with Gasteiger partial charge in [0.05, 0.1) is 27.7 Å². The van der Waals surface area contributed by atoms with E-state index in [1.54, 1.807) is 12.3 Å². The zero-order chi connectivity index (χ0) is 14.9. The second-order valence-electron chi connectivity index (χ2n) is 4.89. The molecule has 5 nitrogen and oxygen atoms in total. The van der Waals surface area contributed by atoms with E-state index in [9.17, 15) is 4.79 Å².